The SMILES string of the molecule is NCCNC(=O)C1=C=CC=C1. The van der Waals surface area contributed by atoms with Crippen molar-refractivity contribution >= 4 is 5.91 Å². The average molecular weight is 150 g/mol. The van der Waals surface area contributed by atoms with Crippen LogP contribution in [0.1, 0.15) is 0 Å². The largest absolute Gasteiger partial charge is 0.350 e. The van der Waals surface area contributed by atoms with Crippen molar-refractivity contribution in [2.75, 3.05) is 13.1 Å². The molecule has 0 spiro atoms. The van der Waals surface area contributed by atoms with Crippen LogP contribution in [0.2, 0.25) is 0 Å². The zero-order chi connectivity index (χ0) is 8.10. The van der Waals surface area contributed by atoms with E-state index in [9.17, 15) is 4.79 Å². The van der Waals surface area contributed by atoms with E-state index in [1.54, 1.807) is 18.2 Å². The predicted octanol–water partition coefficient (Wildman–Crippen LogP) is -0.287. The molecule has 1 rings (SSSR count). The molecule has 0 saturated carbocycles. The molecule has 0 aromatic rings. The molecule has 0 aliphatic heterocycles. The minimum atomic E-state index is -0.111. The highest BCUT2D eigenvalue weighted by atomic mass is 16.1. The molecule has 0 aromatic heterocycles. The van der Waals surface area contributed by atoms with E-state index in [4.69, 9.17) is 5.73 Å². The molecule has 3 heteroatoms. The topological polar surface area (TPSA) is 55.1 Å². The van der Waals surface area contributed by atoms with Gasteiger partial charge in [0, 0.05) is 13.1 Å². The Balaban J connectivity index is 2.43. The van der Waals surface area contributed by atoms with E-state index < -0.39 is 0 Å². The van der Waals surface area contributed by atoms with Gasteiger partial charge in [0.15, 0.2) is 0 Å². The second-order valence-electron chi connectivity index (χ2n) is 2.13. The molecular formula is C8H10N2O. The molecule has 0 fully saturated rings. The first kappa shape index (κ1) is 7.79. The maximum Gasteiger partial charge on any atom is 0.259 e. The lowest BCUT2D eigenvalue weighted by Gasteiger charge is -1.99. The maximum atomic E-state index is 11.1. The number of allylic oxidation sites excluding steroid dienone is 1. The fourth-order valence-corrected chi connectivity index (χ4v) is 0.753. The Morgan fingerprint density at radius 1 is 1.73 bits per heavy atom. The molecule has 1 aliphatic rings. The summed E-state index contributed by atoms with van der Waals surface area (Å²) in [5, 5.41) is 2.64. The van der Waals surface area contributed by atoms with Gasteiger partial charge in [-0.15, -0.1) is 5.73 Å². The molecule has 58 valence electrons. The van der Waals surface area contributed by atoms with Crippen molar-refractivity contribution in [1.82, 2.24) is 5.32 Å². The predicted molar refractivity (Wildman–Crippen MR) is 42.8 cm³/mol. The third-order valence-electron chi connectivity index (χ3n) is 1.27. The Bertz CT molecular complexity index is 247. The molecule has 0 saturated heterocycles. The number of carbonyl (C=O) groups is 1. The highest BCUT2D eigenvalue weighted by molar-refractivity contribution is 5.96. The lowest BCUT2D eigenvalue weighted by Crippen LogP contribution is -2.29. The highest BCUT2D eigenvalue weighted by Crippen LogP contribution is 2.00. The standard InChI is InChI=1S/C8H10N2O/c9-5-6-10-8(11)7-3-1-2-4-7/h1-3H,5-6,9H2,(H,10,11). The van der Waals surface area contributed by atoms with Crippen LogP contribution in [0.4, 0.5) is 0 Å². The van der Waals surface area contributed by atoms with Gasteiger partial charge in [-0.1, -0.05) is 6.08 Å². The summed E-state index contributed by atoms with van der Waals surface area (Å²) >= 11 is 0. The first-order chi connectivity index (χ1) is 5.34. The average Bonchev–Trinajstić information content (AvgIpc) is 2.52. The first-order valence-electron chi connectivity index (χ1n) is 3.46. The van der Waals surface area contributed by atoms with Crippen molar-refractivity contribution in [3.8, 4) is 0 Å². The Morgan fingerprint density at radius 3 is 3.09 bits per heavy atom. The lowest BCUT2D eigenvalue weighted by atomic mass is 10.3. The van der Waals surface area contributed by atoms with E-state index in [1.165, 1.54) is 0 Å². The second kappa shape index (κ2) is 3.76. The molecule has 3 N–H and O–H groups in total. The summed E-state index contributed by atoms with van der Waals surface area (Å²) in [6.07, 6.45) is 5.20. The van der Waals surface area contributed by atoms with Crippen molar-refractivity contribution in [1.29, 1.82) is 0 Å². The molecular weight excluding hydrogens is 140 g/mol. The molecule has 0 unspecified atom stereocenters. The second-order valence-corrected chi connectivity index (χ2v) is 2.13. The number of nitrogens with two attached hydrogens (primary N) is 1. The maximum absolute atomic E-state index is 11.1. The molecule has 0 radical (unpaired) electrons. The summed E-state index contributed by atoms with van der Waals surface area (Å²) in [5.41, 5.74) is 8.57. The van der Waals surface area contributed by atoms with Gasteiger partial charge < -0.3 is 11.1 Å². The Kier molecular flexibility index (Phi) is 2.66. The number of nitrogens with one attached hydrogen (secondary N) is 1. The quantitative estimate of drug-likeness (QED) is 0.543. The van der Waals surface area contributed by atoms with Crippen LogP contribution in [-0.4, -0.2) is 19.0 Å². The Morgan fingerprint density at radius 2 is 2.55 bits per heavy atom. The highest BCUT2D eigenvalue weighted by Gasteiger charge is 2.04. The lowest BCUT2D eigenvalue weighted by molar-refractivity contribution is -0.117. The van der Waals surface area contributed by atoms with Gasteiger partial charge in [0.25, 0.3) is 5.91 Å². The number of rotatable bonds is 3. The van der Waals surface area contributed by atoms with Crippen LogP contribution in [0.5, 0.6) is 0 Å². The van der Waals surface area contributed by atoms with Crippen molar-refractivity contribution in [2.24, 2.45) is 5.73 Å². The normalized spacial score (nSPS) is 13.4. The van der Waals surface area contributed by atoms with Crippen molar-refractivity contribution in [3.05, 3.63) is 29.5 Å². The molecule has 0 aromatic carbocycles. The van der Waals surface area contributed by atoms with Crippen LogP contribution >= 0.6 is 0 Å². The van der Waals surface area contributed by atoms with Crippen molar-refractivity contribution in [3.63, 3.8) is 0 Å². The summed E-state index contributed by atoms with van der Waals surface area (Å²) in [5.74, 6) is -0.111. The molecule has 0 atom stereocenters. The molecule has 0 heterocycles. The van der Waals surface area contributed by atoms with Crippen LogP contribution in [0.15, 0.2) is 29.5 Å². The van der Waals surface area contributed by atoms with Crippen LogP contribution in [0, 0.1) is 0 Å². The third kappa shape index (κ3) is 2.08. The van der Waals surface area contributed by atoms with E-state index in [0.717, 1.165) is 0 Å². The summed E-state index contributed by atoms with van der Waals surface area (Å²) in [7, 11) is 0. The van der Waals surface area contributed by atoms with Gasteiger partial charge >= 0.3 is 0 Å². The molecule has 0 bridgehead atoms. The van der Waals surface area contributed by atoms with Crippen LogP contribution in [-0.2, 0) is 4.79 Å². The minimum Gasteiger partial charge on any atom is -0.350 e. The number of hydrogen-bond acceptors (Lipinski definition) is 2. The third-order valence-corrected chi connectivity index (χ3v) is 1.27. The van der Waals surface area contributed by atoms with Crippen molar-refractivity contribution < 1.29 is 4.79 Å². The van der Waals surface area contributed by atoms with Gasteiger partial charge in [0.05, 0.1) is 5.57 Å². The molecule has 1 aliphatic carbocycles. The fourth-order valence-electron chi connectivity index (χ4n) is 0.753. The first-order valence-corrected chi connectivity index (χ1v) is 3.46. The van der Waals surface area contributed by atoms with E-state index in [1.807, 2.05) is 0 Å². The number of hydrogen-bond donors (Lipinski definition) is 2. The summed E-state index contributed by atoms with van der Waals surface area (Å²) in [6.45, 7) is 0.976. The zero-order valence-corrected chi connectivity index (χ0v) is 6.13. The van der Waals surface area contributed by atoms with E-state index >= 15 is 0 Å². The summed E-state index contributed by atoms with van der Waals surface area (Å²) < 4.78 is 0. The van der Waals surface area contributed by atoms with E-state index in [2.05, 4.69) is 11.0 Å². The van der Waals surface area contributed by atoms with Gasteiger partial charge in [-0.25, -0.2) is 0 Å². The van der Waals surface area contributed by atoms with E-state index in [0.29, 0.717) is 18.7 Å². The fraction of sp³-hybridized carbons (Fsp3) is 0.250. The molecule has 1 amide bonds. The smallest absolute Gasteiger partial charge is 0.259 e. The van der Waals surface area contributed by atoms with Gasteiger partial charge in [-0.05, 0) is 12.2 Å². The van der Waals surface area contributed by atoms with Gasteiger partial charge in [0.1, 0.15) is 0 Å². The Hall–Kier alpha value is -1.31. The zero-order valence-electron chi connectivity index (χ0n) is 6.13. The van der Waals surface area contributed by atoms with Gasteiger partial charge in [-0.2, -0.15) is 0 Å². The molecule has 3 nitrogen and oxygen atoms in total. The minimum absolute atomic E-state index is 0.111. The summed E-state index contributed by atoms with van der Waals surface area (Å²) in [6, 6.07) is 0. The van der Waals surface area contributed by atoms with Gasteiger partial charge in [-0.3, -0.25) is 4.79 Å². The number of carbonyl (C=O) groups excluding carboxylic acids is 1. The molecule has 11 heavy (non-hydrogen) atoms. The van der Waals surface area contributed by atoms with Crippen LogP contribution in [0.25, 0.3) is 0 Å². The Labute approximate surface area is 65.3 Å². The van der Waals surface area contributed by atoms with Crippen LogP contribution in [0.3, 0.4) is 0 Å². The number of amides is 1. The van der Waals surface area contributed by atoms with Crippen LogP contribution < -0.4 is 11.1 Å². The van der Waals surface area contributed by atoms with Crippen molar-refractivity contribution in [2.45, 2.75) is 0 Å². The van der Waals surface area contributed by atoms with E-state index in [-0.39, 0.29) is 5.91 Å². The monoisotopic (exact) mass is 150 g/mol. The van der Waals surface area contributed by atoms with Gasteiger partial charge in [0.2, 0.25) is 0 Å². The summed E-state index contributed by atoms with van der Waals surface area (Å²) in [4.78, 5) is 11.1.